The van der Waals surface area contributed by atoms with Gasteiger partial charge in [-0.05, 0) is 40.9 Å². The highest BCUT2D eigenvalue weighted by Crippen LogP contribution is 2.24. The molecule has 1 unspecified atom stereocenters. The highest BCUT2D eigenvalue weighted by Gasteiger charge is 2.19. The van der Waals surface area contributed by atoms with Crippen LogP contribution in [0.5, 0.6) is 0 Å². The van der Waals surface area contributed by atoms with Crippen LogP contribution in [0.25, 0.3) is 0 Å². The number of hydrogen-bond donors (Lipinski definition) is 3. The molecule has 2 amide bonds. The van der Waals surface area contributed by atoms with Crippen molar-refractivity contribution in [3.8, 4) is 0 Å². The molecule has 110 valence electrons. The maximum atomic E-state index is 13.5. The molecule has 5 nitrogen and oxygen atoms in total. The molecule has 0 spiro atoms. The van der Waals surface area contributed by atoms with Crippen LogP contribution in [0.2, 0.25) is 0 Å². The van der Waals surface area contributed by atoms with E-state index >= 15 is 0 Å². The number of benzene rings is 1. The zero-order valence-corrected chi connectivity index (χ0v) is 12.5. The minimum Gasteiger partial charge on any atom is -0.396 e. The third kappa shape index (κ3) is 4.57. The summed E-state index contributed by atoms with van der Waals surface area (Å²) in [5.41, 5.74) is -0.0807. The molecule has 0 aliphatic carbocycles. The lowest BCUT2D eigenvalue weighted by atomic mass is 10.1. The van der Waals surface area contributed by atoms with Crippen LogP contribution in [0.3, 0.4) is 0 Å². The van der Waals surface area contributed by atoms with Gasteiger partial charge in [0.1, 0.15) is 5.82 Å². The Morgan fingerprint density at radius 3 is 2.65 bits per heavy atom. The van der Waals surface area contributed by atoms with Crippen molar-refractivity contribution in [1.29, 1.82) is 0 Å². The van der Waals surface area contributed by atoms with Gasteiger partial charge in [-0.15, -0.1) is 0 Å². The number of anilines is 1. The second kappa shape index (κ2) is 7.96. The van der Waals surface area contributed by atoms with Gasteiger partial charge in [-0.3, -0.25) is 9.59 Å². The SMILES string of the molecule is CCC(CCO)NC(=O)C(=O)Nc1c(F)cccc1Br. The predicted molar refractivity (Wildman–Crippen MR) is 76.7 cm³/mol. The van der Waals surface area contributed by atoms with Gasteiger partial charge in [-0.1, -0.05) is 13.0 Å². The number of amides is 2. The maximum absolute atomic E-state index is 13.5. The van der Waals surface area contributed by atoms with E-state index in [1.807, 2.05) is 6.92 Å². The molecule has 20 heavy (non-hydrogen) atoms. The molecule has 0 aromatic heterocycles. The number of carbonyl (C=O) groups is 2. The number of carbonyl (C=O) groups excluding carboxylic acids is 2. The van der Waals surface area contributed by atoms with Gasteiger partial charge in [0.05, 0.1) is 5.69 Å². The fourth-order valence-electron chi connectivity index (χ4n) is 1.57. The summed E-state index contributed by atoms with van der Waals surface area (Å²) < 4.78 is 13.9. The van der Waals surface area contributed by atoms with Gasteiger partial charge in [-0.25, -0.2) is 4.39 Å². The zero-order valence-electron chi connectivity index (χ0n) is 11.0. The molecule has 0 heterocycles. The predicted octanol–water partition coefficient (Wildman–Crippen LogP) is 1.80. The standard InChI is InChI=1S/C13H16BrFN2O3/c1-2-8(6-7-18)16-12(19)13(20)17-11-9(14)4-3-5-10(11)15/h3-5,8,18H,2,6-7H2,1H3,(H,16,19)(H,17,20). The molecule has 0 fully saturated rings. The van der Waals surface area contributed by atoms with E-state index in [1.54, 1.807) is 6.07 Å². The first-order valence-electron chi connectivity index (χ1n) is 6.16. The summed E-state index contributed by atoms with van der Waals surface area (Å²) in [6.45, 7) is 1.74. The molecule has 0 aliphatic rings. The Hall–Kier alpha value is -1.47. The third-order valence-electron chi connectivity index (χ3n) is 2.71. The van der Waals surface area contributed by atoms with Gasteiger partial charge in [0, 0.05) is 17.1 Å². The zero-order chi connectivity index (χ0) is 15.1. The third-order valence-corrected chi connectivity index (χ3v) is 3.37. The van der Waals surface area contributed by atoms with Crippen LogP contribution in [0, 0.1) is 5.82 Å². The Kier molecular flexibility index (Phi) is 6.60. The minimum absolute atomic E-state index is 0.0807. The van der Waals surface area contributed by atoms with Crippen molar-refractivity contribution in [2.75, 3.05) is 11.9 Å². The van der Waals surface area contributed by atoms with Gasteiger partial charge in [0.2, 0.25) is 0 Å². The van der Waals surface area contributed by atoms with Crippen LogP contribution in [0.1, 0.15) is 19.8 Å². The van der Waals surface area contributed by atoms with Gasteiger partial charge < -0.3 is 15.7 Å². The number of aliphatic hydroxyl groups excluding tert-OH is 1. The first-order valence-corrected chi connectivity index (χ1v) is 6.95. The van der Waals surface area contributed by atoms with Crippen molar-refractivity contribution in [3.05, 3.63) is 28.5 Å². The van der Waals surface area contributed by atoms with E-state index in [9.17, 15) is 14.0 Å². The van der Waals surface area contributed by atoms with E-state index in [4.69, 9.17) is 5.11 Å². The highest BCUT2D eigenvalue weighted by atomic mass is 79.9. The molecule has 0 saturated heterocycles. The summed E-state index contributed by atoms with van der Waals surface area (Å²) in [6, 6.07) is 3.92. The molecule has 7 heteroatoms. The quantitative estimate of drug-likeness (QED) is 0.711. The summed E-state index contributed by atoms with van der Waals surface area (Å²) in [6.07, 6.45) is 0.946. The smallest absolute Gasteiger partial charge is 0.313 e. The van der Waals surface area contributed by atoms with Crippen LogP contribution in [0.4, 0.5) is 10.1 Å². The van der Waals surface area contributed by atoms with Gasteiger partial charge in [-0.2, -0.15) is 0 Å². The monoisotopic (exact) mass is 346 g/mol. The number of nitrogens with one attached hydrogen (secondary N) is 2. The van der Waals surface area contributed by atoms with E-state index in [-0.39, 0.29) is 18.3 Å². The molecular weight excluding hydrogens is 331 g/mol. The first-order chi connectivity index (χ1) is 9.49. The minimum atomic E-state index is -0.952. The molecular formula is C13H16BrFN2O3. The Bertz CT molecular complexity index is 476. The van der Waals surface area contributed by atoms with E-state index in [0.717, 1.165) is 0 Å². The molecule has 0 aliphatic heterocycles. The molecule has 1 atom stereocenters. The number of aliphatic hydroxyl groups is 1. The normalized spacial score (nSPS) is 11.8. The van der Waals surface area contributed by atoms with Gasteiger partial charge in [0.25, 0.3) is 0 Å². The number of para-hydroxylation sites is 1. The average molecular weight is 347 g/mol. The number of rotatable bonds is 5. The summed E-state index contributed by atoms with van der Waals surface area (Å²) in [5, 5.41) is 13.5. The van der Waals surface area contributed by atoms with Crippen molar-refractivity contribution in [2.45, 2.75) is 25.8 Å². The number of hydrogen-bond acceptors (Lipinski definition) is 3. The van der Waals surface area contributed by atoms with Crippen LogP contribution >= 0.6 is 15.9 Å². The van der Waals surface area contributed by atoms with E-state index in [0.29, 0.717) is 17.3 Å². The highest BCUT2D eigenvalue weighted by molar-refractivity contribution is 9.10. The second-order valence-electron chi connectivity index (χ2n) is 4.14. The Morgan fingerprint density at radius 2 is 2.10 bits per heavy atom. The van der Waals surface area contributed by atoms with Gasteiger partial charge >= 0.3 is 11.8 Å². The van der Waals surface area contributed by atoms with Crippen molar-refractivity contribution in [2.24, 2.45) is 0 Å². The van der Waals surface area contributed by atoms with E-state index in [1.165, 1.54) is 12.1 Å². The van der Waals surface area contributed by atoms with E-state index < -0.39 is 17.6 Å². The Labute approximate surface area is 124 Å². The van der Waals surface area contributed by atoms with E-state index in [2.05, 4.69) is 26.6 Å². The molecule has 3 N–H and O–H groups in total. The molecule has 1 aromatic rings. The van der Waals surface area contributed by atoms with Gasteiger partial charge in [0.15, 0.2) is 0 Å². The molecule has 0 bridgehead atoms. The topological polar surface area (TPSA) is 78.4 Å². The largest absolute Gasteiger partial charge is 0.396 e. The fraction of sp³-hybridized carbons (Fsp3) is 0.385. The molecule has 0 saturated carbocycles. The Balaban J connectivity index is 2.69. The van der Waals surface area contributed by atoms with Crippen LogP contribution in [-0.2, 0) is 9.59 Å². The summed E-state index contributed by atoms with van der Waals surface area (Å²) in [4.78, 5) is 23.4. The van der Waals surface area contributed by atoms with Crippen molar-refractivity contribution >= 4 is 33.4 Å². The molecule has 1 rings (SSSR count). The summed E-state index contributed by atoms with van der Waals surface area (Å²) in [5.74, 6) is -2.45. The van der Waals surface area contributed by atoms with Crippen molar-refractivity contribution < 1.29 is 19.1 Å². The van der Waals surface area contributed by atoms with Crippen LogP contribution in [0.15, 0.2) is 22.7 Å². The maximum Gasteiger partial charge on any atom is 0.313 e. The van der Waals surface area contributed by atoms with Crippen molar-refractivity contribution in [1.82, 2.24) is 5.32 Å². The summed E-state index contributed by atoms with van der Waals surface area (Å²) in [7, 11) is 0. The average Bonchev–Trinajstić information content (AvgIpc) is 2.42. The summed E-state index contributed by atoms with van der Waals surface area (Å²) >= 11 is 3.09. The lowest BCUT2D eigenvalue weighted by Crippen LogP contribution is -2.42. The Morgan fingerprint density at radius 1 is 1.40 bits per heavy atom. The second-order valence-corrected chi connectivity index (χ2v) is 5.00. The van der Waals surface area contributed by atoms with Crippen molar-refractivity contribution in [3.63, 3.8) is 0 Å². The first kappa shape index (κ1) is 16.6. The van der Waals surface area contributed by atoms with Crippen LogP contribution in [-0.4, -0.2) is 29.6 Å². The molecule has 1 aromatic carbocycles. The lowest BCUT2D eigenvalue weighted by Gasteiger charge is -2.15. The number of halogens is 2. The molecule has 0 radical (unpaired) electrons. The van der Waals surface area contributed by atoms with Crippen LogP contribution < -0.4 is 10.6 Å². The lowest BCUT2D eigenvalue weighted by molar-refractivity contribution is -0.136. The fourth-order valence-corrected chi connectivity index (χ4v) is 2.01.